The SMILES string of the molecule is CCOC(=O)c1c(-c2cc(O)c3c(c2)C(=O)c2cccc(O)c2C3=O)nn(-c2ccc(C#N)cc2)c1C(=O)OCC. The highest BCUT2D eigenvalue weighted by Crippen LogP contribution is 2.40. The molecule has 0 unspecified atom stereocenters. The van der Waals surface area contributed by atoms with Crippen LogP contribution in [0.2, 0.25) is 0 Å². The summed E-state index contributed by atoms with van der Waals surface area (Å²) >= 11 is 0. The van der Waals surface area contributed by atoms with Crippen LogP contribution in [0.25, 0.3) is 16.9 Å². The summed E-state index contributed by atoms with van der Waals surface area (Å²) < 4.78 is 11.6. The number of hydrogen-bond donors (Lipinski definition) is 2. The van der Waals surface area contributed by atoms with Gasteiger partial charge in [-0.25, -0.2) is 14.3 Å². The third kappa shape index (κ3) is 4.37. The lowest BCUT2D eigenvalue weighted by atomic mass is 9.82. The van der Waals surface area contributed by atoms with Gasteiger partial charge in [0.15, 0.2) is 11.5 Å². The van der Waals surface area contributed by atoms with Crippen molar-refractivity contribution in [3.05, 3.63) is 93.7 Å². The normalized spacial score (nSPS) is 11.8. The lowest BCUT2D eigenvalue weighted by Gasteiger charge is -2.20. The summed E-state index contributed by atoms with van der Waals surface area (Å²) in [6, 6.07) is 14.5. The van der Waals surface area contributed by atoms with E-state index in [1.54, 1.807) is 13.8 Å². The summed E-state index contributed by atoms with van der Waals surface area (Å²) in [6.45, 7) is 3.11. The first-order chi connectivity index (χ1) is 19.7. The molecule has 0 atom stereocenters. The molecule has 1 aliphatic rings. The standard InChI is InChI=1S/C30H21N3O8/c1-3-40-29(38)24-25(32-33(26(24)30(39)41-4-2)17-10-8-15(14-31)9-11-17)16-12-19-23(21(35)13-16)28(37)22-18(27(19)36)6-5-7-20(22)34/h5-13,34-35H,3-4H2,1-2H3. The van der Waals surface area contributed by atoms with E-state index >= 15 is 0 Å². The van der Waals surface area contributed by atoms with Gasteiger partial charge in [-0.15, -0.1) is 0 Å². The Kier molecular flexibility index (Phi) is 6.82. The summed E-state index contributed by atoms with van der Waals surface area (Å²) in [6.07, 6.45) is 0. The minimum atomic E-state index is -0.916. The average molecular weight is 552 g/mol. The number of carbonyl (C=O) groups excluding carboxylic acids is 4. The number of ketones is 2. The van der Waals surface area contributed by atoms with E-state index in [1.165, 1.54) is 48.5 Å². The van der Waals surface area contributed by atoms with Crippen molar-refractivity contribution in [2.24, 2.45) is 0 Å². The molecule has 41 heavy (non-hydrogen) atoms. The zero-order valence-corrected chi connectivity index (χ0v) is 21.8. The second-order valence-electron chi connectivity index (χ2n) is 8.86. The Balaban J connectivity index is 1.79. The molecular weight excluding hydrogens is 530 g/mol. The lowest BCUT2D eigenvalue weighted by Crippen LogP contribution is -2.21. The van der Waals surface area contributed by atoms with Crippen LogP contribution in [-0.2, 0) is 9.47 Å². The summed E-state index contributed by atoms with van der Waals surface area (Å²) in [5.74, 6) is -4.20. The fourth-order valence-electron chi connectivity index (χ4n) is 4.69. The minimum Gasteiger partial charge on any atom is -0.507 e. The molecule has 204 valence electrons. The van der Waals surface area contributed by atoms with E-state index in [0.717, 1.165) is 10.7 Å². The molecule has 0 amide bonds. The number of nitrogens with zero attached hydrogens (tertiary/aromatic N) is 3. The maximum absolute atomic E-state index is 13.4. The third-order valence-corrected chi connectivity index (χ3v) is 6.45. The van der Waals surface area contributed by atoms with Gasteiger partial charge in [-0.05, 0) is 56.3 Å². The van der Waals surface area contributed by atoms with Crippen molar-refractivity contribution in [3.8, 4) is 34.5 Å². The largest absolute Gasteiger partial charge is 0.507 e. The first-order valence-electron chi connectivity index (χ1n) is 12.5. The molecule has 4 aromatic rings. The number of hydrogen-bond acceptors (Lipinski definition) is 10. The fourth-order valence-corrected chi connectivity index (χ4v) is 4.69. The van der Waals surface area contributed by atoms with Gasteiger partial charge >= 0.3 is 11.9 Å². The van der Waals surface area contributed by atoms with Crippen LogP contribution < -0.4 is 0 Å². The van der Waals surface area contributed by atoms with E-state index in [2.05, 4.69) is 5.10 Å². The van der Waals surface area contributed by atoms with E-state index in [-0.39, 0.29) is 58.0 Å². The van der Waals surface area contributed by atoms with E-state index in [9.17, 15) is 34.7 Å². The second-order valence-corrected chi connectivity index (χ2v) is 8.86. The molecule has 3 aromatic carbocycles. The summed E-state index contributed by atoms with van der Waals surface area (Å²) in [7, 11) is 0. The summed E-state index contributed by atoms with van der Waals surface area (Å²) in [4.78, 5) is 53.1. The smallest absolute Gasteiger partial charge is 0.357 e. The minimum absolute atomic E-state index is 0.0164. The molecule has 5 rings (SSSR count). The highest BCUT2D eigenvalue weighted by molar-refractivity contribution is 6.30. The molecule has 0 fully saturated rings. The van der Waals surface area contributed by atoms with Crippen molar-refractivity contribution in [1.29, 1.82) is 5.26 Å². The first kappa shape index (κ1) is 26.8. The number of benzene rings is 3. The predicted octanol–water partition coefficient (Wildman–Crippen LogP) is 3.95. The Morgan fingerprint density at radius 3 is 2.20 bits per heavy atom. The van der Waals surface area contributed by atoms with Crippen molar-refractivity contribution in [1.82, 2.24) is 9.78 Å². The molecule has 2 N–H and O–H groups in total. The van der Waals surface area contributed by atoms with E-state index in [0.29, 0.717) is 11.3 Å². The van der Waals surface area contributed by atoms with Gasteiger partial charge in [0.25, 0.3) is 0 Å². The second kappa shape index (κ2) is 10.4. The Hall–Kier alpha value is -5.76. The molecule has 0 saturated carbocycles. The molecule has 11 heteroatoms. The topological polar surface area (TPSA) is 169 Å². The van der Waals surface area contributed by atoms with Crippen LogP contribution in [0.15, 0.2) is 54.6 Å². The Morgan fingerprint density at radius 2 is 1.54 bits per heavy atom. The van der Waals surface area contributed by atoms with Crippen LogP contribution >= 0.6 is 0 Å². The molecular formula is C30H21N3O8. The maximum atomic E-state index is 13.4. The predicted molar refractivity (Wildman–Crippen MR) is 142 cm³/mol. The van der Waals surface area contributed by atoms with Crippen LogP contribution in [0.5, 0.6) is 11.5 Å². The quantitative estimate of drug-likeness (QED) is 0.295. The van der Waals surface area contributed by atoms with Crippen molar-refractivity contribution >= 4 is 23.5 Å². The average Bonchev–Trinajstić information content (AvgIpc) is 3.37. The van der Waals surface area contributed by atoms with E-state index < -0.39 is 35.0 Å². The first-order valence-corrected chi connectivity index (χ1v) is 12.5. The van der Waals surface area contributed by atoms with Gasteiger partial charge in [0, 0.05) is 16.7 Å². The van der Waals surface area contributed by atoms with Gasteiger partial charge in [0.1, 0.15) is 22.8 Å². The van der Waals surface area contributed by atoms with Crippen LogP contribution in [0.4, 0.5) is 0 Å². The van der Waals surface area contributed by atoms with Crippen molar-refractivity contribution in [2.75, 3.05) is 13.2 Å². The maximum Gasteiger partial charge on any atom is 0.357 e. The molecule has 1 aromatic heterocycles. The van der Waals surface area contributed by atoms with Crippen LogP contribution in [0, 0.1) is 11.3 Å². The van der Waals surface area contributed by atoms with E-state index in [1.807, 2.05) is 6.07 Å². The molecule has 0 saturated heterocycles. The number of esters is 2. The van der Waals surface area contributed by atoms with Crippen molar-refractivity contribution < 1.29 is 38.9 Å². The van der Waals surface area contributed by atoms with Gasteiger partial charge in [-0.2, -0.15) is 10.4 Å². The summed E-state index contributed by atoms with van der Waals surface area (Å²) in [5.41, 5.74) is -0.786. The van der Waals surface area contributed by atoms with E-state index in [4.69, 9.17) is 9.47 Å². The zero-order valence-electron chi connectivity index (χ0n) is 21.8. The number of nitriles is 1. The number of rotatable bonds is 6. The third-order valence-electron chi connectivity index (χ3n) is 6.45. The molecule has 0 aliphatic heterocycles. The van der Waals surface area contributed by atoms with Crippen LogP contribution in [0.3, 0.4) is 0 Å². The summed E-state index contributed by atoms with van der Waals surface area (Å²) in [5, 5.41) is 34.9. The Morgan fingerprint density at radius 1 is 0.878 bits per heavy atom. The van der Waals surface area contributed by atoms with Crippen molar-refractivity contribution in [2.45, 2.75) is 13.8 Å². The van der Waals surface area contributed by atoms with Gasteiger partial charge in [0.05, 0.1) is 41.7 Å². The van der Waals surface area contributed by atoms with Gasteiger partial charge in [0.2, 0.25) is 5.78 Å². The van der Waals surface area contributed by atoms with Crippen LogP contribution in [-0.4, -0.2) is 56.7 Å². The fraction of sp³-hybridized carbons (Fsp3) is 0.133. The van der Waals surface area contributed by atoms with Gasteiger partial charge in [-0.3, -0.25) is 9.59 Å². The number of fused-ring (bicyclic) bond motifs is 2. The van der Waals surface area contributed by atoms with Gasteiger partial charge < -0.3 is 19.7 Å². The lowest BCUT2D eigenvalue weighted by molar-refractivity contribution is 0.0473. The molecule has 0 spiro atoms. The monoisotopic (exact) mass is 551 g/mol. The number of phenols is 2. The van der Waals surface area contributed by atoms with Crippen molar-refractivity contribution in [3.63, 3.8) is 0 Å². The highest BCUT2D eigenvalue weighted by Gasteiger charge is 2.37. The highest BCUT2D eigenvalue weighted by atomic mass is 16.5. The molecule has 0 radical (unpaired) electrons. The number of aromatic hydroxyl groups is 2. The molecule has 0 bridgehead atoms. The number of aromatic nitrogens is 2. The Labute approximate surface area is 232 Å². The number of phenolic OH excluding ortho intramolecular Hbond substituents is 2. The molecule has 1 aliphatic carbocycles. The van der Waals surface area contributed by atoms with Gasteiger partial charge in [-0.1, -0.05) is 12.1 Å². The van der Waals surface area contributed by atoms with Crippen LogP contribution in [0.1, 0.15) is 72.1 Å². The molecule has 1 heterocycles. The number of carbonyl (C=O) groups is 4. The zero-order chi connectivity index (χ0) is 29.4. The Bertz CT molecular complexity index is 1810. The molecule has 11 nitrogen and oxygen atoms in total. The number of ether oxygens (including phenoxy) is 2.